The van der Waals surface area contributed by atoms with Crippen LogP contribution in [0.2, 0.25) is 15.1 Å². The van der Waals surface area contributed by atoms with Crippen LogP contribution in [-0.2, 0) is 14.8 Å². The first-order valence-electron chi connectivity index (χ1n) is 7.18. The standard InChI is InChI=1S/C16H14Cl3N3O3S/c1-26(24,25)22(14-8-4-7-13(18)16(14)19)10-15(23)21-20-9-11-5-2-3-6-12(11)17/h2-9H,10H2,1H3,(H,21,23)/b20-9-. The van der Waals surface area contributed by atoms with E-state index >= 15 is 0 Å². The van der Waals surface area contributed by atoms with Crippen molar-refractivity contribution in [2.75, 3.05) is 17.1 Å². The smallest absolute Gasteiger partial charge is 0.260 e. The van der Waals surface area contributed by atoms with Crippen molar-refractivity contribution >= 4 is 62.6 Å². The molecule has 0 saturated carbocycles. The van der Waals surface area contributed by atoms with Gasteiger partial charge in [-0.15, -0.1) is 0 Å². The number of sulfonamides is 1. The van der Waals surface area contributed by atoms with Crippen molar-refractivity contribution in [3.8, 4) is 0 Å². The highest BCUT2D eigenvalue weighted by Gasteiger charge is 2.23. The number of anilines is 1. The highest BCUT2D eigenvalue weighted by molar-refractivity contribution is 7.92. The van der Waals surface area contributed by atoms with Crippen molar-refractivity contribution in [2.24, 2.45) is 5.10 Å². The van der Waals surface area contributed by atoms with Gasteiger partial charge < -0.3 is 0 Å². The molecule has 6 nitrogen and oxygen atoms in total. The van der Waals surface area contributed by atoms with Crippen LogP contribution >= 0.6 is 34.8 Å². The van der Waals surface area contributed by atoms with E-state index in [2.05, 4.69) is 10.5 Å². The van der Waals surface area contributed by atoms with E-state index in [1.165, 1.54) is 24.4 Å². The fraction of sp³-hybridized carbons (Fsp3) is 0.125. The molecule has 0 aliphatic heterocycles. The van der Waals surface area contributed by atoms with Gasteiger partial charge in [-0.25, -0.2) is 13.8 Å². The number of halogens is 3. The second kappa shape index (κ2) is 8.73. The van der Waals surface area contributed by atoms with Crippen molar-refractivity contribution in [1.29, 1.82) is 0 Å². The predicted octanol–water partition coefficient (Wildman–Crippen LogP) is 3.56. The van der Waals surface area contributed by atoms with Gasteiger partial charge in [0, 0.05) is 10.6 Å². The third-order valence-corrected chi connectivity index (χ3v) is 5.47. The lowest BCUT2D eigenvalue weighted by molar-refractivity contribution is -0.119. The molecule has 0 aliphatic rings. The van der Waals surface area contributed by atoms with Crippen molar-refractivity contribution in [1.82, 2.24) is 5.43 Å². The fourth-order valence-corrected chi connectivity index (χ4v) is 3.48. The molecule has 0 fully saturated rings. The first-order chi connectivity index (χ1) is 12.2. The SMILES string of the molecule is CS(=O)(=O)N(CC(=O)N/N=C\c1ccccc1Cl)c1cccc(Cl)c1Cl. The molecule has 2 aromatic carbocycles. The molecule has 0 radical (unpaired) electrons. The highest BCUT2D eigenvalue weighted by atomic mass is 35.5. The maximum absolute atomic E-state index is 12.1. The molecular formula is C16H14Cl3N3O3S. The van der Waals surface area contributed by atoms with Crippen LogP contribution in [0.3, 0.4) is 0 Å². The second-order valence-corrected chi connectivity index (χ2v) is 8.26. The van der Waals surface area contributed by atoms with Gasteiger partial charge in [0.05, 0.1) is 28.2 Å². The first kappa shape index (κ1) is 20.5. The maximum atomic E-state index is 12.1. The topological polar surface area (TPSA) is 78.8 Å². The predicted molar refractivity (Wildman–Crippen MR) is 106 cm³/mol. The molecule has 0 heterocycles. The van der Waals surface area contributed by atoms with Gasteiger partial charge in [0.15, 0.2) is 0 Å². The van der Waals surface area contributed by atoms with Gasteiger partial charge >= 0.3 is 0 Å². The van der Waals surface area contributed by atoms with E-state index in [-0.39, 0.29) is 15.7 Å². The molecule has 0 aliphatic carbocycles. The first-order valence-corrected chi connectivity index (χ1v) is 10.2. The van der Waals surface area contributed by atoms with Crippen molar-refractivity contribution in [3.63, 3.8) is 0 Å². The monoisotopic (exact) mass is 433 g/mol. The Labute approximate surface area is 166 Å². The van der Waals surface area contributed by atoms with E-state index in [4.69, 9.17) is 34.8 Å². The molecule has 138 valence electrons. The molecule has 0 spiro atoms. The fourth-order valence-electron chi connectivity index (χ4n) is 1.99. The van der Waals surface area contributed by atoms with Gasteiger partial charge in [0.2, 0.25) is 10.0 Å². The summed E-state index contributed by atoms with van der Waals surface area (Å²) in [6, 6.07) is 11.4. The summed E-state index contributed by atoms with van der Waals surface area (Å²) in [5.74, 6) is -0.658. The normalized spacial score (nSPS) is 11.5. The summed E-state index contributed by atoms with van der Waals surface area (Å²) in [5.41, 5.74) is 2.96. The van der Waals surface area contributed by atoms with Gasteiger partial charge in [-0.3, -0.25) is 9.10 Å². The van der Waals surface area contributed by atoms with E-state index in [0.717, 1.165) is 10.6 Å². The Morgan fingerprint density at radius 2 is 1.77 bits per heavy atom. The summed E-state index contributed by atoms with van der Waals surface area (Å²) in [6.45, 7) is -0.515. The van der Waals surface area contributed by atoms with E-state index in [1.54, 1.807) is 24.3 Å². The van der Waals surface area contributed by atoms with Crippen LogP contribution in [0.25, 0.3) is 0 Å². The molecule has 1 N–H and O–H groups in total. The number of hydrogen-bond donors (Lipinski definition) is 1. The Kier molecular flexibility index (Phi) is 6.88. The molecule has 0 saturated heterocycles. The molecular weight excluding hydrogens is 421 g/mol. The quantitative estimate of drug-likeness (QED) is 0.558. The Balaban J connectivity index is 2.15. The zero-order chi connectivity index (χ0) is 19.3. The maximum Gasteiger partial charge on any atom is 0.260 e. The minimum Gasteiger partial charge on any atom is -0.271 e. The Morgan fingerprint density at radius 3 is 2.42 bits per heavy atom. The van der Waals surface area contributed by atoms with Gasteiger partial charge in [0.25, 0.3) is 5.91 Å². The Bertz CT molecular complexity index is 949. The number of rotatable bonds is 6. The average Bonchev–Trinajstić information content (AvgIpc) is 2.56. The third kappa shape index (κ3) is 5.35. The zero-order valence-electron chi connectivity index (χ0n) is 13.5. The Hall–Kier alpha value is -1.80. The van der Waals surface area contributed by atoms with Crippen LogP contribution in [0.15, 0.2) is 47.6 Å². The summed E-state index contributed by atoms with van der Waals surface area (Å²) in [7, 11) is -3.78. The number of nitrogens with zero attached hydrogens (tertiary/aromatic N) is 2. The lowest BCUT2D eigenvalue weighted by Crippen LogP contribution is -2.39. The summed E-state index contributed by atoms with van der Waals surface area (Å²) in [4.78, 5) is 12.1. The summed E-state index contributed by atoms with van der Waals surface area (Å²) < 4.78 is 25.0. The van der Waals surface area contributed by atoms with Crippen LogP contribution < -0.4 is 9.73 Å². The van der Waals surface area contributed by atoms with E-state index in [1.807, 2.05) is 0 Å². The van der Waals surface area contributed by atoms with Crippen molar-refractivity contribution < 1.29 is 13.2 Å². The number of amides is 1. The average molecular weight is 435 g/mol. The molecule has 0 bridgehead atoms. The zero-order valence-corrected chi connectivity index (χ0v) is 16.6. The van der Waals surface area contributed by atoms with E-state index in [0.29, 0.717) is 10.6 Å². The Morgan fingerprint density at radius 1 is 1.12 bits per heavy atom. The summed E-state index contributed by atoms with van der Waals surface area (Å²) in [5, 5.41) is 4.46. The largest absolute Gasteiger partial charge is 0.271 e. The van der Waals surface area contributed by atoms with Gasteiger partial charge in [-0.1, -0.05) is 59.1 Å². The number of carbonyl (C=O) groups excluding carboxylic acids is 1. The molecule has 2 rings (SSSR count). The van der Waals surface area contributed by atoms with E-state index in [9.17, 15) is 13.2 Å². The number of carbonyl (C=O) groups is 1. The molecule has 0 atom stereocenters. The van der Waals surface area contributed by atoms with Crippen molar-refractivity contribution in [2.45, 2.75) is 0 Å². The molecule has 0 aromatic heterocycles. The summed E-state index contributed by atoms with van der Waals surface area (Å²) in [6.07, 6.45) is 2.32. The lowest BCUT2D eigenvalue weighted by atomic mass is 10.2. The highest BCUT2D eigenvalue weighted by Crippen LogP contribution is 2.33. The van der Waals surface area contributed by atoms with Crippen LogP contribution in [0.1, 0.15) is 5.56 Å². The number of benzene rings is 2. The minimum absolute atomic E-state index is 0.0342. The molecule has 10 heteroatoms. The minimum atomic E-state index is -3.78. The number of hydrogen-bond acceptors (Lipinski definition) is 4. The summed E-state index contributed by atoms with van der Waals surface area (Å²) >= 11 is 18.0. The third-order valence-electron chi connectivity index (χ3n) is 3.19. The van der Waals surface area contributed by atoms with Crippen LogP contribution in [0.5, 0.6) is 0 Å². The number of nitrogens with one attached hydrogen (secondary N) is 1. The number of hydrazone groups is 1. The van der Waals surface area contributed by atoms with E-state index < -0.39 is 22.5 Å². The molecule has 2 aromatic rings. The lowest BCUT2D eigenvalue weighted by Gasteiger charge is -2.22. The molecule has 0 unspecified atom stereocenters. The molecule has 1 amide bonds. The molecule has 26 heavy (non-hydrogen) atoms. The van der Waals surface area contributed by atoms with Crippen LogP contribution in [-0.4, -0.2) is 33.3 Å². The van der Waals surface area contributed by atoms with Crippen LogP contribution in [0, 0.1) is 0 Å². The second-order valence-electron chi connectivity index (χ2n) is 5.16. The van der Waals surface area contributed by atoms with Crippen LogP contribution in [0.4, 0.5) is 5.69 Å². The van der Waals surface area contributed by atoms with Gasteiger partial charge in [-0.2, -0.15) is 5.10 Å². The van der Waals surface area contributed by atoms with Gasteiger partial charge in [0.1, 0.15) is 6.54 Å². The van der Waals surface area contributed by atoms with Gasteiger partial charge in [-0.05, 0) is 18.2 Å². The van der Waals surface area contributed by atoms with Crippen molar-refractivity contribution in [3.05, 3.63) is 63.1 Å².